The fourth-order valence-corrected chi connectivity index (χ4v) is 3.13. The van der Waals surface area contributed by atoms with Crippen LogP contribution in [0.2, 0.25) is 0 Å². The van der Waals surface area contributed by atoms with Crippen LogP contribution in [0, 0.1) is 6.07 Å². The lowest BCUT2D eigenvalue weighted by Crippen LogP contribution is -2.35. The second-order valence-electron chi connectivity index (χ2n) is 6.26. The lowest BCUT2D eigenvalue weighted by Gasteiger charge is -2.28. The van der Waals surface area contributed by atoms with Gasteiger partial charge in [0.2, 0.25) is 0 Å². The van der Waals surface area contributed by atoms with Crippen molar-refractivity contribution >= 4 is 15.9 Å². The maximum atomic E-state index is 9.51. The molecule has 3 rings (SSSR count). The van der Waals surface area contributed by atoms with Crippen molar-refractivity contribution in [2.45, 2.75) is 18.9 Å². The quantitative estimate of drug-likeness (QED) is 0.733. The van der Waals surface area contributed by atoms with Crippen molar-refractivity contribution in [2.75, 3.05) is 26.2 Å². The molecule has 4 heteroatoms. The fourth-order valence-electron chi connectivity index (χ4n) is 2.87. The topological polar surface area (TPSA) is 32.7 Å². The van der Waals surface area contributed by atoms with Gasteiger partial charge in [-0.05, 0) is 54.3 Å². The van der Waals surface area contributed by atoms with Gasteiger partial charge < -0.3 is 9.84 Å². The third kappa shape index (κ3) is 5.70. The lowest BCUT2D eigenvalue weighted by molar-refractivity contribution is 0.0880. The average molecular weight is 401 g/mol. The molecule has 0 amide bonds. The molecule has 1 aliphatic rings. The maximum absolute atomic E-state index is 9.51. The van der Waals surface area contributed by atoms with Gasteiger partial charge >= 0.3 is 0 Å². The predicted molar refractivity (Wildman–Crippen MR) is 105 cm³/mol. The Morgan fingerprint density at radius 1 is 1.16 bits per heavy atom. The number of aliphatic hydroxyl groups excluding tert-OH is 1. The van der Waals surface area contributed by atoms with Crippen LogP contribution < -0.4 is 4.74 Å². The van der Waals surface area contributed by atoms with Gasteiger partial charge in [-0.2, -0.15) is 0 Å². The Morgan fingerprint density at radius 2 is 1.92 bits per heavy atom. The zero-order chi connectivity index (χ0) is 17.5. The van der Waals surface area contributed by atoms with E-state index in [4.69, 9.17) is 4.74 Å². The summed E-state index contributed by atoms with van der Waals surface area (Å²) in [5, 5.41) is 9.51. The van der Waals surface area contributed by atoms with Crippen LogP contribution in [0.4, 0.5) is 0 Å². The van der Waals surface area contributed by atoms with Crippen molar-refractivity contribution in [2.24, 2.45) is 0 Å². The van der Waals surface area contributed by atoms with E-state index in [0.29, 0.717) is 6.61 Å². The molecule has 1 saturated heterocycles. The van der Waals surface area contributed by atoms with Crippen LogP contribution in [0.15, 0.2) is 59.1 Å². The van der Waals surface area contributed by atoms with E-state index in [1.54, 1.807) is 0 Å². The number of likely N-dealkylation sites (tertiary alicyclic amines) is 1. The first-order chi connectivity index (χ1) is 12.2. The Labute approximate surface area is 158 Å². The van der Waals surface area contributed by atoms with E-state index >= 15 is 0 Å². The number of hydrogen-bond acceptors (Lipinski definition) is 3. The molecular formula is C21H23BrNO2. The number of aliphatic hydroxyl groups is 1. The molecule has 0 aromatic heterocycles. The number of piperidine rings is 1. The van der Waals surface area contributed by atoms with Gasteiger partial charge in [0, 0.05) is 24.1 Å². The molecule has 0 atom stereocenters. The van der Waals surface area contributed by atoms with E-state index < -0.39 is 0 Å². The van der Waals surface area contributed by atoms with E-state index in [2.05, 4.69) is 51.2 Å². The Hall–Kier alpha value is -1.62. The summed E-state index contributed by atoms with van der Waals surface area (Å²) in [6.07, 6.45) is 5.84. The first kappa shape index (κ1) is 18.2. The van der Waals surface area contributed by atoms with Crippen molar-refractivity contribution in [1.29, 1.82) is 0 Å². The molecule has 0 aliphatic carbocycles. The molecule has 1 aliphatic heterocycles. The van der Waals surface area contributed by atoms with Gasteiger partial charge in [-0.15, -0.1) is 0 Å². The molecule has 0 spiro atoms. The lowest BCUT2D eigenvalue weighted by atomic mass is 10.1. The third-order valence-corrected chi connectivity index (χ3v) is 4.89. The van der Waals surface area contributed by atoms with Crippen molar-refractivity contribution in [1.82, 2.24) is 4.90 Å². The molecule has 25 heavy (non-hydrogen) atoms. The van der Waals surface area contributed by atoms with E-state index in [-0.39, 0.29) is 6.10 Å². The highest BCUT2D eigenvalue weighted by Crippen LogP contribution is 2.24. The van der Waals surface area contributed by atoms with Crippen LogP contribution in [0.3, 0.4) is 0 Å². The number of hydrogen-bond donors (Lipinski definition) is 1. The summed E-state index contributed by atoms with van der Waals surface area (Å²) in [7, 11) is 0. The van der Waals surface area contributed by atoms with Gasteiger partial charge in [0.1, 0.15) is 12.4 Å². The highest BCUT2D eigenvalue weighted by Gasteiger charge is 2.15. The first-order valence-corrected chi connectivity index (χ1v) is 9.46. The Bertz CT molecular complexity index is 691. The Balaban J connectivity index is 1.47. The molecule has 0 unspecified atom stereocenters. The third-order valence-electron chi connectivity index (χ3n) is 4.36. The number of nitrogens with zero attached hydrogens (tertiary/aromatic N) is 1. The van der Waals surface area contributed by atoms with Crippen LogP contribution in [0.25, 0.3) is 11.1 Å². The summed E-state index contributed by atoms with van der Waals surface area (Å²) >= 11 is 3.45. The van der Waals surface area contributed by atoms with E-state index in [1.807, 2.05) is 30.3 Å². The van der Waals surface area contributed by atoms with E-state index in [1.165, 1.54) is 0 Å². The molecule has 0 saturated carbocycles. The van der Waals surface area contributed by atoms with Crippen molar-refractivity contribution in [3.63, 3.8) is 0 Å². The smallest absolute Gasteiger partial charge is 0.120 e. The van der Waals surface area contributed by atoms with Gasteiger partial charge in [0.25, 0.3) is 0 Å². The zero-order valence-electron chi connectivity index (χ0n) is 14.2. The fraction of sp³-hybridized carbons (Fsp3) is 0.333. The second-order valence-corrected chi connectivity index (χ2v) is 7.17. The molecule has 3 nitrogen and oxygen atoms in total. The largest absolute Gasteiger partial charge is 0.490 e. The molecule has 1 N–H and O–H groups in total. The van der Waals surface area contributed by atoms with Crippen LogP contribution in [0.5, 0.6) is 5.75 Å². The van der Waals surface area contributed by atoms with Gasteiger partial charge in [-0.25, -0.2) is 0 Å². The predicted octanol–water partition coefficient (Wildman–Crippen LogP) is 4.31. The van der Waals surface area contributed by atoms with E-state index in [0.717, 1.165) is 53.8 Å². The van der Waals surface area contributed by atoms with Gasteiger partial charge in [-0.1, -0.05) is 46.3 Å². The number of ether oxygens (including phenoxy) is 1. The van der Waals surface area contributed by atoms with Crippen molar-refractivity contribution < 1.29 is 9.84 Å². The highest BCUT2D eigenvalue weighted by atomic mass is 79.9. The minimum Gasteiger partial charge on any atom is -0.490 e. The molecule has 1 heterocycles. The molecule has 131 valence electrons. The zero-order valence-corrected chi connectivity index (χ0v) is 15.8. The normalized spacial score (nSPS) is 16.4. The summed E-state index contributed by atoms with van der Waals surface area (Å²) in [4.78, 5) is 2.35. The summed E-state index contributed by atoms with van der Waals surface area (Å²) in [5.41, 5.74) is 2.15. The Kier molecular flexibility index (Phi) is 6.68. The summed E-state index contributed by atoms with van der Waals surface area (Å²) in [6, 6.07) is 17.3. The standard InChI is InChI=1S/C21H23BrNO2/c22-19-8-6-17(7-9-19)18-4-3-5-21(16-18)25-15-2-1-12-23-13-10-20(24)11-14-23/h1-3,5-9,16,20,24H,10-15H2/b2-1+. The number of rotatable bonds is 6. The second kappa shape index (κ2) is 9.18. The average Bonchev–Trinajstić information content (AvgIpc) is 2.64. The van der Waals surface area contributed by atoms with Crippen molar-refractivity contribution in [3.05, 3.63) is 65.2 Å². The van der Waals surface area contributed by atoms with E-state index in [9.17, 15) is 5.11 Å². The minimum absolute atomic E-state index is 0.113. The SMILES string of the molecule is OC1CCN(C/C=C/COc2cc[c]c(-c3ccc(Br)cc3)c2)CC1. The van der Waals surface area contributed by atoms with Gasteiger partial charge in [0.15, 0.2) is 0 Å². The van der Waals surface area contributed by atoms with Gasteiger partial charge in [-0.3, -0.25) is 4.90 Å². The molecule has 1 fully saturated rings. The summed E-state index contributed by atoms with van der Waals surface area (Å²) in [6.45, 7) is 3.41. The summed E-state index contributed by atoms with van der Waals surface area (Å²) in [5.74, 6) is 0.849. The monoisotopic (exact) mass is 400 g/mol. The van der Waals surface area contributed by atoms with Gasteiger partial charge in [0.05, 0.1) is 6.10 Å². The van der Waals surface area contributed by atoms with Crippen molar-refractivity contribution in [3.8, 4) is 16.9 Å². The maximum Gasteiger partial charge on any atom is 0.120 e. The molecule has 2 aromatic carbocycles. The van der Waals surface area contributed by atoms with Crippen LogP contribution in [0.1, 0.15) is 12.8 Å². The molecule has 0 bridgehead atoms. The van der Waals surface area contributed by atoms with Crippen LogP contribution in [-0.2, 0) is 0 Å². The number of benzene rings is 2. The highest BCUT2D eigenvalue weighted by molar-refractivity contribution is 9.10. The molecule has 2 aromatic rings. The first-order valence-electron chi connectivity index (χ1n) is 8.66. The number of halogens is 1. The molecular weight excluding hydrogens is 378 g/mol. The van der Waals surface area contributed by atoms with Crippen LogP contribution in [-0.4, -0.2) is 42.4 Å². The minimum atomic E-state index is -0.113. The van der Waals surface area contributed by atoms with Crippen LogP contribution >= 0.6 is 15.9 Å². The molecule has 1 radical (unpaired) electrons. The Morgan fingerprint density at radius 3 is 2.68 bits per heavy atom. The summed E-state index contributed by atoms with van der Waals surface area (Å²) < 4.78 is 6.89.